The second kappa shape index (κ2) is 6.85. The van der Waals surface area contributed by atoms with Crippen molar-refractivity contribution >= 4 is 5.91 Å². The van der Waals surface area contributed by atoms with Crippen molar-refractivity contribution in [3.63, 3.8) is 0 Å². The Kier molecular flexibility index (Phi) is 4.61. The quantitative estimate of drug-likeness (QED) is 0.737. The lowest BCUT2D eigenvalue weighted by atomic mass is 9.84. The van der Waals surface area contributed by atoms with E-state index in [0.29, 0.717) is 0 Å². The van der Waals surface area contributed by atoms with Gasteiger partial charge in [0.2, 0.25) is 0 Å². The smallest absolute Gasteiger partial charge is 0.255 e. The maximum atomic E-state index is 14.0. The van der Waals surface area contributed by atoms with Gasteiger partial charge in [-0.3, -0.25) is 4.79 Å². The molecule has 0 radical (unpaired) electrons. The molecule has 0 aliphatic carbocycles. The zero-order chi connectivity index (χ0) is 17.9. The highest BCUT2D eigenvalue weighted by Crippen LogP contribution is 2.29. The van der Waals surface area contributed by atoms with Gasteiger partial charge in [0.05, 0.1) is 11.1 Å². The summed E-state index contributed by atoms with van der Waals surface area (Å²) >= 11 is 0. The molecule has 0 fully saturated rings. The van der Waals surface area contributed by atoms with Gasteiger partial charge in [0.25, 0.3) is 5.91 Å². The molecule has 0 atom stereocenters. The van der Waals surface area contributed by atoms with Crippen molar-refractivity contribution in [2.75, 3.05) is 0 Å². The van der Waals surface area contributed by atoms with Crippen LogP contribution < -0.4 is 5.32 Å². The number of halogens is 2. The third-order valence-corrected chi connectivity index (χ3v) is 4.26. The van der Waals surface area contributed by atoms with Gasteiger partial charge in [0.15, 0.2) is 11.6 Å². The van der Waals surface area contributed by atoms with Crippen LogP contribution in [-0.4, -0.2) is 5.91 Å². The number of hydrogen-bond acceptors (Lipinski definition) is 1. The summed E-state index contributed by atoms with van der Waals surface area (Å²) in [6.07, 6.45) is 0. The summed E-state index contributed by atoms with van der Waals surface area (Å²) in [6.45, 7) is 1.84. The van der Waals surface area contributed by atoms with Gasteiger partial charge in [-0.25, -0.2) is 8.78 Å². The van der Waals surface area contributed by atoms with Crippen LogP contribution in [0.4, 0.5) is 8.78 Å². The molecule has 1 N–H and O–H groups in total. The molecule has 25 heavy (non-hydrogen) atoms. The van der Waals surface area contributed by atoms with Crippen LogP contribution in [0.2, 0.25) is 0 Å². The molecule has 0 saturated heterocycles. The van der Waals surface area contributed by atoms with Crippen molar-refractivity contribution in [1.82, 2.24) is 5.32 Å². The summed E-state index contributed by atoms with van der Waals surface area (Å²) in [5.74, 6) is -2.87. The van der Waals surface area contributed by atoms with E-state index in [9.17, 15) is 13.6 Å². The van der Waals surface area contributed by atoms with Crippen molar-refractivity contribution in [2.24, 2.45) is 0 Å². The number of carbonyl (C=O) groups excluding carboxylic acids is 1. The molecular formula is C21H17F2NO. The topological polar surface area (TPSA) is 29.1 Å². The third kappa shape index (κ3) is 3.29. The van der Waals surface area contributed by atoms with Gasteiger partial charge in [0.1, 0.15) is 0 Å². The molecule has 3 rings (SSSR count). The summed E-state index contributed by atoms with van der Waals surface area (Å²) in [5.41, 5.74) is 0.467. The fraction of sp³-hybridized carbons (Fsp3) is 0.0952. The molecule has 4 heteroatoms. The first-order valence-electron chi connectivity index (χ1n) is 7.90. The summed E-state index contributed by atoms with van der Waals surface area (Å²) in [5, 5.41) is 2.86. The molecule has 0 aliphatic rings. The predicted molar refractivity (Wildman–Crippen MR) is 93.2 cm³/mol. The average molecular weight is 337 g/mol. The number of hydrogen-bond donors (Lipinski definition) is 1. The number of nitrogens with one attached hydrogen (secondary N) is 1. The highest BCUT2D eigenvalue weighted by Gasteiger charge is 2.31. The molecule has 0 aliphatic heterocycles. The number of amides is 1. The van der Waals surface area contributed by atoms with Gasteiger partial charge in [-0.05, 0) is 30.2 Å². The van der Waals surface area contributed by atoms with E-state index in [4.69, 9.17) is 0 Å². The molecule has 0 unspecified atom stereocenters. The largest absolute Gasteiger partial charge is 0.339 e. The molecule has 3 aromatic rings. The molecule has 2 nitrogen and oxygen atoms in total. The van der Waals surface area contributed by atoms with Crippen LogP contribution in [0.3, 0.4) is 0 Å². The van der Waals surface area contributed by atoms with E-state index in [1.807, 2.05) is 67.6 Å². The van der Waals surface area contributed by atoms with Crippen molar-refractivity contribution in [3.05, 3.63) is 107 Å². The Balaban J connectivity index is 2.05. The maximum absolute atomic E-state index is 14.0. The Morgan fingerprint density at radius 2 is 1.32 bits per heavy atom. The standard InChI is InChI=1S/C21H17F2NO/c1-21(15-9-4-2-5-10-15,16-11-6-3-7-12-16)24-20(25)17-13-8-14-18(22)19(17)23/h2-14H,1H3,(H,24,25). The molecule has 0 heterocycles. The lowest BCUT2D eigenvalue weighted by molar-refractivity contribution is 0.0914. The first kappa shape index (κ1) is 16.8. The van der Waals surface area contributed by atoms with E-state index in [1.165, 1.54) is 12.1 Å². The van der Waals surface area contributed by atoms with E-state index in [1.54, 1.807) is 0 Å². The monoisotopic (exact) mass is 337 g/mol. The summed E-state index contributed by atoms with van der Waals surface area (Å²) < 4.78 is 27.5. The molecule has 0 bridgehead atoms. The summed E-state index contributed by atoms with van der Waals surface area (Å²) in [4.78, 5) is 12.7. The molecule has 126 valence electrons. The first-order chi connectivity index (χ1) is 12.0. The number of rotatable bonds is 4. The van der Waals surface area contributed by atoms with E-state index in [-0.39, 0.29) is 5.56 Å². The Morgan fingerprint density at radius 3 is 1.84 bits per heavy atom. The van der Waals surface area contributed by atoms with Crippen LogP contribution >= 0.6 is 0 Å². The van der Waals surface area contributed by atoms with Crippen LogP contribution in [0.15, 0.2) is 78.9 Å². The minimum Gasteiger partial charge on any atom is -0.339 e. The second-order valence-electron chi connectivity index (χ2n) is 5.91. The second-order valence-corrected chi connectivity index (χ2v) is 5.91. The Hall–Kier alpha value is -3.01. The van der Waals surface area contributed by atoms with Crippen LogP contribution in [0.1, 0.15) is 28.4 Å². The van der Waals surface area contributed by atoms with Crippen molar-refractivity contribution in [1.29, 1.82) is 0 Å². The summed E-state index contributed by atoms with van der Waals surface area (Å²) in [6, 6.07) is 22.3. The van der Waals surface area contributed by atoms with E-state index in [2.05, 4.69) is 5.32 Å². The predicted octanol–water partition coefficient (Wildman–Crippen LogP) is 4.66. The lowest BCUT2D eigenvalue weighted by Crippen LogP contribution is -2.44. The van der Waals surface area contributed by atoms with E-state index >= 15 is 0 Å². The molecule has 0 aromatic heterocycles. The molecule has 0 spiro atoms. The normalized spacial score (nSPS) is 11.2. The van der Waals surface area contributed by atoms with Crippen molar-refractivity contribution in [2.45, 2.75) is 12.5 Å². The van der Waals surface area contributed by atoms with Crippen LogP contribution in [0, 0.1) is 11.6 Å². The first-order valence-corrected chi connectivity index (χ1v) is 7.90. The molecular weight excluding hydrogens is 320 g/mol. The average Bonchev–Trinajstić information content (AvgIpc) is 2.65. The van der Waals surface area contributed by atoms with Gasteiger partial charge >= 0.3 is 0 Å². The Bertz CT molecular complexity index is 839. The van der Waals surface area contributed by atoms with Gasteiger partial charge in [-0.1, -0.05) is 66.7 Å². The molecule has 3 aromatic carbocycles. The van der Waals surface area contributed by atoms with E-state index in [0.717, 1.165) is 17.2 Å². The van der Waals surface area contributed by atoms with E-state index < -0.39 is 23.1 Å². The zero-order valence-corrected chi connectivity index (χ0v) is 13.7. The van der Waals surface area contributed by atoms with Crippen molar-refractivity contribution < 1.29 is 13.6 Å². The zero-order valence-electron chi connectivity index (χ0n) is 13.7. The highest BCUT2D eigenvalue weighted by molar-refractivity contribution is 5.95. The van der Waals surface area contributed by atoms with Crippen molar-refractivity contribution in [3.8, 4) is 0 Å². The fourth-order valence-corrected chi connectivity index (χ4v) is 2.83. The van der Waals surface area contributed by atoms with Gasteiger partial charge in [-0.15, -0.1) is 0 Å². The SMILES string of the molecule is CC(NC(=O)c1cccc(F)c1F)(c1ccccc1)c1ccccc1. The van der Waals surface area contributed by atoms with Crippen LogP contribution in [-0.2, 0) is 5.54 Å². The van der Waals surface area contributed by atoms with Gasteiger partial charge in [-0.2, -0.15) is 0 Å². The third-order valence-electron chi connectivity index (χ3n) is 4.26. The fourth-order valence-electron chi connectivity index (χ4n) is 2.83. The molecule has 0 saturated carbocycles. The summed E-state index contributed by atoms with van der Waals surface area (Å²) in [7, 11) is 0. The molecule has 1 amide bonds. The minimum absolute atomic E-state index is 0.321. The van der Waals surface area contributed by atoms with Gasteiger partial charge < -0.3 is 5.32 Å². The van der Waals surface area contributed by atoms with Gasteiger partial charge in [0, 0.05) is 0 Å². The maximum Gasteiger partial charge on any atom is 0.255 e. The number of carbonyl (C=O) groups is 1. The van der Waals surface area contributed by atoms with Crippen LogP contribution in [0.5, 0.6) is 0 Å². The van der Waals surface area contributed by atoms with Crippen LogP contribution in [0.25, 0.3) is 0 Å². The Labute approximate surface area is 145 Å². The highest BCUT2D eigenvalue weighted by atomic mass is 19.2. The Morgan fingerprint density at radius 1 is 0.800 bits per heavy atom. The lowest BCUT2D eigenvalue weighted by Gasteiger charge is -2.32. The minimum atomic E-state index is -1.15. The number of benzene rings is 3.